The van der Waals surface area contributed by atoms with Crippen LogP contribution in [0.4, 0.5) is 0 Å². The van der Waals surface area contributed by atoms with Crippen LogP contribution < -0.4 is 0 Å². The van der Waals surface area contributed by atoms with Crippen molar-refractivity contribution in [2.45, 2.75) is 32.8 Å². The third-order valence-electron chi connectivity index (χ3n) is 2.34. The van der Waals surface area contributed by atoms with Gasteiger partial charge < -0.3 is 5.11 Å². The zero-order chi connectivity index (χ0) is 7.72. The molecular formula is C9H16O. The first kappa shape index (κ1) is 7.80. The molecule has 0 amide bonds. The van der Waals surface area contributed by atoms with E-state index in [0.29, 0.717) is 11.8 Å². The molecule has 10 heavy (non-hydrogen) atoms. The Morgan fingerprint density at radius 3 is 2.60 bits per heavy atom. The average molecular weight is 140 g/mol. The summed E-state index contributed by atoms with van der Waals surface area (Å²) in [6.07, 6.45) is 1.90. The molecule has 1 rings (SSSR count). The van der Waals surface area contributed by atoms with E-state index in [1.165, 1.54) is 0 Å². The van der Waals surface area contributed by atoms with Crippen LogP contribution in [0, 0.1) is 11.8 Å². The van der Waals surface area contributed by atoms with Gasteiger partial charge in [-0.25, -0.2) is 0 Å². The third kappa shape index (κ3) is 1.40. The van der Waals surface area contributed by atoms with Gasteiger partial charge in [0.25, 0.3) is 0 Å². The predicted molar refractivity (Wildman–Crippen MR) is 42.7 cm³/mol. The van der Waals surface area contributed by atoms with Gasteiger partial charge in [0.2, 0.25) is 0 Å². The highest BCUT2D eigenvalue weighted by atomic mass is 16.3. The Kier molecular flexibility index (Phi) is 2.14. The molecule has 0 bridgehead atoms. The molecule has 0 heterocycles. The van der Waals surface area contributed by atoms with Gasteiger partial charge in [-0.1, -0.05) is 20.4 Å². The maximum atomic E-state index is 9.46. The minimum absolute atomic E-state index is 0.240. The highest BCUT2D eigenvalue weighted by molar-refractivity contribution is 5.07. The maximum Gasteiger partial charge on any atom is 0.0773 e. The van der Waals surface area contributed by atoms with E-state index in [4.69, 9.17) is 0 Å². The fourth-order valence-corrected chi connectivity index (χ4v) is 1.82. The first-order chi connectivity index (χ1) is 4.61. The van der Waals surface area contributed by atoms with Crippen LogP contribution in [0.1, 0.15) is 26.7 Å². The molecule has 58 valence electrons. The first-order valence-corrected chi connectivity index (χ1v) is 3.97. The van der Waals surface area contributed by atoms with Crippen molar-refractivity contribution in [3.63, 3.8) is 0 Å². The lowest BCUT2D eigenvalue weighted by Crippen LogP contribution is -2.27. The zero-order valence-electron chi connectivity index (χ0n) is 6.80. The lowest BCUT2D eigenvalue weighted by Gasteiger charge is -2.30. The summed E-state index contributed by atoms with van der Waals surface area (Å²) in [6.45, 7) is 8.15. The van der Waals surface area contributed by atoms with E-state index in [0.717, 1.165) is 18.4 Å². The van der Waals surface area contributed by atoms with Crippen molar-refractivity contribution in [2.75, 3.05) is 0 Å². The summed E-state index contributed by atoms with van der Waals surface area (Å²) in [6, 6.07) is 0. The highest BCUT2D eigenvalue weighted by Gasteiger charge is 2.25. The van der Waals surface area contributed by atoms with Crippen LogP contribution in [0.3, 0.4) is 0 Å². The largest absolute Gasteiger partial charge is 0.388 e. The Balaban J connectivity index is 2.57. The normalized spacial score (nSPS) is 41.9. The van der Waals surface area contributed by atoms with Crippen LogP contribution in [-0.2, 0) is 0 Å². The quantitative estimate of drug-likeness (QED) is 0.510. The predicted octanol–water partition coefficient (Wildman–Crippen LogP) is 1.97. The lowest BCUT2D eigenvalue weighted by atomic mass is 9.79. The second-order valence-corrected chi connectivity index (χ2v) is 3.63. The van der Waals surface area contributed by atoms with Crippen LogP contribution in [0.25, 0.3) is 0 Å². The van der Waals surface area contributed by atoms with Crippen LogP contribution in [0.15, 0.2) is 12.2 Å². The number of rotatable bonds is 0. The van der Waals surface area contributed by atoms with Crippen LogP contribution in [0.2, 0.25) is 0 Å². The van der Waals surface area contributed by atoms with Gasteiger partial charge in [-0.2, -0.15) is 0 Å². The fraction of sp³-hybridized carbons (Fsp3) is 0.778. The minimum atomic E-state index is -0.240. The van der Waals surface area contributed by atoms with Crippen LogP contribution >= 0.6 is 0 Å². The summed E-state index contributed by atoms with van der Waals surface area (Å²) in [4.78, 5) is 0. The molecule has 0 aliphatic heterocycles. The van der Waals surface area contributed by atoms with Crippen molar-refractivity contribution in [3.05, 3.63) is 12.2 Å². The average Bonchev–Trinajstić information content (AvgIpc) is 1.82. The van der Waals surface area contributed by atoms with E-state index in [1.807, 2.05) is 0 Å². The molecule has 0 spiro atoms. The number of hydrogen-bond donors (Lipinski definition) is 1. The summed E-state index contributed by atoms with van der Waals surface area (Å²) < 4.78 is 0. The summed E-state index contributed by atoms with van der Waals surface area (Å²) in [7, 11) is 0. The molecule has 3 atom stereocenters. The summed E-state index contributed by atoms with van der Waals surface area (Å²) in [5.74, 6) is 1.13. The molecule has 1 nitrogen and oxygen atoms in total. The van der Waals surface area contributed by atoms with Crippen molar-refractivity contribution in [1.82, 2.24) is 0 Å². The molecule has 1 saturated carbocycles. The Morgan fingerprint density at radius 1 is 1.50 bits per heavy atom. The van der Waals surface area contributed by atoms with Crippen LogP contribution in [-0.4, -0.2) is 11.2 Å². The second-order valence-electron chi connectivity index (χ2n) is 3.63. The molecule has 1 fully saturated rings. The number of hydrogen-bond acceptors (Lipinski definition) is 1. The summed E-state index contributed by atoms with van der Waals surface area (Å²) >= 11 is 0. The van der Waals surface area contributed by atoms with E-state index in [1.54, 1.807) is 0 Å². The van der Waals surface area contributed by atoms with E-state index in [-0.39, 0.29) is 6.10 Å². The van der Waals surface area contributed by atoms with Gasteiger partial charge in [-0.15, -0.1) is 0 Å². The SMILES string of the molecule is C=C1CC(C)CC(C)C1O. The van der Waals surface area contributed by atoms with E-state index in [2.05, 4.69) is 20.4 Å². The van der Waals surface area contributed by atoms with E-state index in [9.17, 15) is 5.11 Å². The van der Waals surface area contributed by atoms with Gasteiger partial charge >= 0.3 is 0 Å². The molecule has 0 saturated heterocycles. The molecule has 0 aromatic heterocycles. The van der Waals surface area contributed by atoms with Gasteiger partial charge in [-0.3, -0.25) is 0 Å². The zero-order valence-corrected chi connectivity index (χ0v) is 6.80. The van der Waals surface area contributed by atoms with Crippen LogP contribution in [0.5, 0.6) is 0 Å². The topological polar surface area (TPSA) is 20.2 Å². The van der Waals surface area contributed by atoms with E-state index < -0.39 is 0 Å². The Hall–Kier alpha value is -0.300. The highest BCUT2D eigenvalue weighted by Crippen LogP contribution is 2.31. The van der Waals surface area contributed by atoms with Crippen molar-refractivity contribution in [2.24, 2.45) is 11.8 Å². The van der Waals surface area contributed by atoms with Crippen molar-refractivity contribution < 1.29 is 5.11 Å². The summed E-state index contributed by atoms with van der Waals surface area (Å²) in [5, 5.41) is 9.46. The van der Waals surface area contributed by atoms with E-state index >= 15 is 0 Å². The van der Waals surface area contributed by atoms with Gasteiger partial charge in [0.05, 0.1) is 6.10 Å². The monoisotopic (exact) mass is 140 g/mol. The fourth-order valence-electron chi connectivity index (χ4n) is 1.82. The molecule has 3 unspecified atom stereocenters. The van der Waals surface area contributed by atoms with Crippen molar-refractivity contribution in [1.29, 1.82) is 0 Å². The van der Waals surface area contributed by atoms with Crippen molar-refractivity contribution >= 4 is 0 Å². The smallest absolute Gasteiger partial charge is 0.0773 e. The summed E-state index contributed by atoms with van der Waals surface area (Å²) in [5.41, 5.74) is 1.02. The molecule has 0 radical (unpaired) electrons. The standard InChI is InChI=1S/C9H16O/c1-6-4-7(2)9(10)8(3)5-6/h6,8-10H,2,4-5H2,1,3H3. The molecule has 0 aromatic carbocycles. The Labute approximate surface area is 62.8 Å². The second kappa shape index (κ2) is 2.75. The molecule has 1 N–H and O–H groups in total. The Bertz CT molecular complexity index is 140. The molecule has 1 heteroatoms. The Morgan fingerprint density at radius 2 is 2.10 bits per heavy atom. The van der Waals surface area contributed by atoms with Crippen molar-refractivity contribution in [3.8, 4) is 0 Å². The lowest BCUT2D eigenvalue weighted by molar-refractivity contribution is 0.109. The minimum Gasteiger partial charge on any atom is -0.388 e. The molecule has 1 aliphatic rings. The molecular weight excluding hydrogens is 124 g/mol. The molecule has 0 aromatic rings. The maximum absolute atomic E-state index is 9.46. The molecule has 1 aliphatic carbocycles. The third-order valence-corrected chi connectivity index (χ3v) is 2.34. The van der Waals surface area contributed by atoms with Gasteiger partial charge in [-0.05, 0) is 30.3 Å². The number of aliphatic hydroxyl groups is 1. The number of aliphatic hydroxyl groups excluding tert-OH is 1. The van der Waals surface area contributed by atoms with Gasteiger partial charge in [0.15, 0.2) is 0 Å². The van der Waals surface area contributed by atoms with Gasteiger partial charge in [0.1, 0.15) is 0 Å². The first-order valence-electron chi connectivity index (χ1n) is 3.97. The van der Waals surface area contributed by atoms with Gasteiger partial charge in [0, 0.05) is 0 Å².